The highest BCUT2D eigenvalue weighted by molar-refractivity contribution is 5.98. The highest BCUT2D eigenvalue weighted by atomic mass is 19.4. The molecule has 4 aromatic rings. The number of halogens is 3. The monoisotopic (exact) mass is 518 g/mol. The molecule has 1 unspecified atom stereocenters. The van der Waals surface area contributed by atoms with Crippen molar-refractivity contribution >= 4 is 34.4 Å². The fraction of sp³-hybridized carbons (Fsp3) is 0.214. The summed E-state index contributed by atoms with van der Waals surface area (Å²) in [6.45, 7) is 2.50. The van der Waals surface area contributed by atoms with E-state index in [0.29, 0.717) is 5.56 Å². The predicted molar refractivity (Wildman–Crippen MR) is 141 cm³/mol. The zero-order chi connectivity index (χ0) is 26.9. The SMILES string of the molecule is CC(Cc1ccc(N2CCC=N2)cc1)(NC(=O)c1ccc2ncccc2c1)c1ncc(C(F)(F)F)cc1N. The van der Waals surface area contributed by atoms with E-state index in [4.69, 9.17) is 5.73 Å². The summed E-state index contributed by atoms with van der Waals surface area (Å²) in [5, 5.41) is 9.98. The number of anilines is 2. The van der Waals surface area contributed by atoms with Gasteiger partial charge in [-0.1, -0.05) is 18.2 Å². The van der Waals surface area contributed by atoms with Crippen molar-refractivity contribution in [2.45, 2.75) is 31.5 Å². The topological polar surface area (TPSA) is 96.5 Å². The third-order valence-corrected chi connectivity index (χ3v) is 6.50. The predicted octanol–water partition coefficient (Wildman–Crippen LogP) is 5.31. The van der Waals surface area contributed by atoms with Crippen molar-refractivity contribution in [3.05, 3.63) is 95.4 Å². The number of fused-ring (bicyclic) bond motifs is 1. The van der Waals surface area contributed by atoms with Gasteiger partial charge in [0.1, 0.15) is 0 Å². The van der Waals surface area contributed by atoms with E-state index in [-0.39, 0.29) is 17.8 Å². The molecule has 2 aromatic heterocycles. The Hall–Kier alpha value is -4.47. The lowest BCUT2D eigenvalue weighted by Gasteiger charge is -2.32. The number of alkyl halides is 3. The van der Waals surface area contributed by atoms with Gasteiger partial charge in [-0.05, 0) is 55.0 Å². The van der Waals surface area contributed by atoms with Crippen LogP contribution in [0.3, 0.4) is 0 Å². The molecule has 1 atom stereocenters. The second-order valence-electron chi connectivity index (χ2n) is 9.41. The number of nitrogens with one attached hydrogen (secondary N) is 1. The van der Waals surface area contributed by atoms with Gasteiger partial charge < -0.3 is 11.1 Å². The normalized spacial score (nSPS) is 15.0. The maximum absolute atomic E-state index is 13.4. The first-order valence-electron chi connectivity index (χ1n) is 12.0. The molecule has 0 bridgehead atoms. The van der Waals surface area contributed by atoms with Gasteiger partial charge in [0.25, 0.3) is 5.91 Å². The molecule has 0 spiro atoms. The second kappa shape index (κ2) is 9.77. The van der Waals surface area contributed by atoms with Gasteiger partial charge in [-0.3, -0.25) is 19.8 Å². The van der Waals surface area contributed by atoms with Gasteiger partial charge in [0.15, 0.2) is 0 Å². The maximum atomic E-state index is 13.4. The average Bonchev–Trinajstić information content (AvgIpc) is 3.43. The van der Waals surface area contributed by atoms with Crippen LogP contribution in [0, 0.1) is 0 Å². The Bertz CT molecular complexity index is 1520. The summed E-state index contributed by atoms with van der Waals surface area (Å²) in [4.78, 5) is 21.8. The van der Waals surface area contributed by atoms with E-state index in [9.17, 15) is 18.0 Å². The van der Waals surface area contributed by atoms with Crippen LogP contribution in [0.2, 0.25) is 0 Å². The number of hydrazone groups is 1. The molecule has 10 heteroatoms. The van der Waals surface area contributed by atoms with Crippen LogP contribution in [0.15, 0.2) is 78.2 Å². The van der Waals surface area contributed by atoms with Crippen molar-refractivity contribution in [2.24, 2.45) is 5.10 Å². The lowest BCUT2D eigenvalue weighted by molar-refractivity contribution is -0.137. The smallest absolute Gasteiger partial charge is 0.397 e. The average molecular weight is 519 g/mol. The highest BCUT2D eigenvalue weighted by Gasteiger charge is 2.36. The minimum atomic E-state index is -4.59. The van der Waals surface area contributed by atoms with Crippen LogP contribution >= 0.6 is 0 Å². The fourth-order valence-electron chi connectivity index (χ4n) is 4.61. The van der Waals surface area contributed by atoms with Crippen molar-refractivity contribution in [3.63, 3.8) is 0 Å². The summed E-state index contributed by atoms with van der Waals surface area (Å²) in [6, 6.07) is 17.2. The summed E-state index contributed by atoms with van der Waals surface area (Å²) in [5.74, 6) is -0.414. The Morgan fingerprint density at radius 3 is 2.55 bits per heavy atom. The third-order valence-electron chi connectivity index (χ3n) is 6.50. The number of nitrogens with two attached hydrogens (primary N) is 1. The van der Waals surface area contributed by atoms with Crippen molar-refractivity contribution in [3.8, 4) is 0 Å². The number of nitrogen functional groups attached to an aromatic ring is 1. The molecule has 0 fully saturated rings. The minimum absolute atomic E-state index is 0.148. The third kappa shape index (κ3) is 5.15. The molecule has 3 N–H and O–H groups in total. The lowest BCUT2D eigenvalue weighted by Crippen LogP contribution is -2.46. The number of carbonyl (C=O) groups excluding carboxylic acids is 1. The number of benzene rings is 2. The van der Waals surface area contributed by atoms with Gasteiger partial charge in [0, 0.05) is 48.9 Å². The summed E-state index contributed by atoms with van der Waals surface area (Å²) in [6.07, 6.45) is 0.774. The zero-order valence-electron chi connectivity index (χ0n) is 20.5. The molecule has 1 amide bonds. The van der Waals surface area contributed by atoms with E-state index in [1.165, 1.54) is 0 Å². The quantitative estimate of drug-likeness (QED) is 0.360. The van der Waals surface area contributed by atoms with Gasteiger partial charge in [0.2, 0.25) is 0 Å². The summed E-state index contributed by atoms with van der Waals surface area (Å²) < 4.78 is 39.9. The molecule has 0 radical (unpaired) electrons. The minimum Gasteiger partial charge on any atom is -0.397 e. The summed E-state index contributed by atoms with van der Waals surface area (Å²) in [7, 11) is 0. The highest BCUT2D eigenvalue weighted by Crippen LogP contribution is 2.35. The van der Waals surface area contributed by atoms with Gasteiger partial charge in [-0.15, -0.1) is 0 Å². The number of carbonyl (C=O) groups is 1. The number of hydrogen-bond donors (Lipinski definition) is 2. The van der Waals surface area contributed by atoms with Crippen molar-refractivity contribution in [1.29, 1.82) is 0 Å². The van der Waals surface area contributed by atoms with Crippen molar-refractivity contribution in [2.75, 3.05) is 17.3 Å². The molecule has 7 nitrogen and oxygen atoms in total. The Morgan fingerprint density at radius 2 is 1.87 bits per heavy atom. The molecular formula is C28H25F3N6O. The number of hydrogen-bond acceptors (Lipinski definition) is 6. The molecule has 0 saturated carbocycles. The van der Waals surface area contributed by atoms with Crippen molar-refractivity contribution in [1.82, 2.24) is 15.3 Å². The molecule has 1 aliphatic heterocycles. The van der Waals surface area contributed by atoms with E-state index >= 15 is 0 Å². The molecule has 38 heavy (non-hydrogen) atoms. The molecule has 194 valence electrons. The Kier molecular flexibility index (Phi) is 6.48. The van der Waals surface area contributed by atoms with Crippen LogP contribution in [0.4, 0.5) is 24.5 Å². The number of rotatable bonds is 6. The molecule has 2 aromatic carbocycles. The number of nitrogens with zero attached hydrogens (tertiary/aromatic N) is 4. The van der Waals surface area contributed by atoms with Crippen molar-refractivity contribution < 1.29 is 18.0 Å². The maximum Gasteiger partial charge on any atom is 0.417 e. The Labute approximate surface area is 217 Å². The van der Waals surface area contributed by atoms with E-state index in [2.05, 4.69) is 20.4 Å². The molecule has 3 heterocycles. The van der Waals surface area contributed by atoms with E-state index < -0.39 is 23.2 Å². The number of aromatic nitrogens is 2. The first-order chi connectivity index (χ1) is 18.1. The summed E-state index contributed by atoms with van der Waals surface area (Å²) in [5.41, 5.74) is 6.80. The zero-order valence-corrected chi connectivity index (χ0v) is 20.5. The standard InChI is InChI=1S/C28H25F3N6O/c1-27(25-23(32)15-21(17-34-25)28(29,30)31,16-18-5-8-22(9-6-18)37-13-3-12-35-37)36-26(38)20-7-10-24-19(14-20)4-2-11-33-24/h2,4-12,14-15,17H,3,13,16,32H2,1H3,(H,36,38). The van der Waals surface area contributed by atoms with Gasteiger partial charge in [0.05, 0.1) is 33.7 Å². The second-order valence-corrected chi connectivity index (χ2v) is 9.41. The molecule has 1 aliphatic rings. The van der Waals surface area contributed by atoms with Gasteiger partial charge in [-0.2, -0.15) is 18.3 Å². The van der Waals surface area contributed by atoms with Crippen LogP contribution in [0.25, 0.3) is 10.9 Å². The van der Waals surface area contributed by atoms with Crippen LogP contribution in [-0.4, -0.2) is 28.6 Å². The van der Waals surface area contributed by atoms with Crippen LogP contribution in [-0.2, 0) is 18.1 Å². The number of amides is 1. The first kappa shape index (κ1) is 25.2. The lowest BCUT2D eigenvalue weighted by atomic mass is 9.87. The Morgan fingerprint density at radius 1 is 1.08 bits per heavy atom. The van der Waals surface area contributed by atoms with Gasteiger partial charge >= 0.3 is 6.18 Å². The van der Waals surface area contributed by atoms with Crippen LogP contribution in [0.1, 0.15) is 40.5 Å². The first-order valence-corrected chi connectivity index (χ1v) is 12.0. The number of pyridine rings is 2. The molecular weight excluding hydrogens is 493 g/mol. The van der Waals surface area contributed by atoms with Crippen LogP contribution < -0.4 is 16.1 Å². The molecule has 0 saturated heterocycles. The van der Waals surface area contributed by atoms with Gasteiger partial charge in [-0.25, -0.2) is 0 Å². The molecule has 5 rings (SSSR count). The van der Waals surface area contributed by atoms with E-state index in [1.54, 1.807) is 37.4 Å². The summed E-state index contributed by atoms with van der Waals surface area (Å²) >= 11 is 0. The fourth-order valence-corrected chi connectivity index (χ4v) is 4.61. The Balaban J connectivity index is 1.49. The van der Waals surface area contributed by atoms with Crippen LogP contribution in [0.5, 0.6) is 0 Å². The molecule has 0 aliphatic carbocycles. The van der Waals surface area contributed by atoms with E-state index in [0.717, 1.165) is 47.4 Å². The van der Waals surface area contributed by atoms with E-state index in [1.807, 2.05) is 41.6 Å². The largest absolute Gasteiger partial charge is 0.417 e.